The first-order chi connectivity index (χ1) is 11.7. The third kappa shape index (κ3) is 6.04. The molecule has 24 heavy (non-hydrogen) atoms. The molecular weight excluding hydrogens is 306 g/mol. The van der Waals surface area contributed by atoms with Crippen LogP contribution in [0.3, 0.4) is 0 Å². The molecule has 0 atom stereocenters. The maximum atomic E-state index is 11.9. The fourth-order valence-corrected chi connectivity index (χ4v) is 2.51. The van der Waals surface area contributed by atoms with Crippen LogP contribution in [0, 0.1) is 0 Å². The van der Waals surface area contributed by atoms with Gasteiger partial charge in [-0.25, -0.2) is 4.79 Å². The molecule has 0 aromatic heterocycles. The second-order valence-electron chi connectivity index (χ2n) is 5.74. The number of hydrogen-bond acceptors (Lipinski definition) is 3. The number of urea groups is 1. The van der Waals surface area contributed by atoms with Crippen molar-refractivity contribution in [2.24, 2.45) is 0 Å². The van der Waals surface area contributed by atoms with E-state index >= 15 is 0 Å². The monoisotopic (exact) mass is 331 g/mol. The van der Waals surface area contributed by atoms with Gasteiger partial charge in [0.2, 0.25) is 0 Å². The quantitative estimate of drug-likeness (QED) is 0.531. The highest BCUT2D eigenvalue weighted by atomic mass is 16.5. The molecule has 6 heteroatoms. The van der Waals surface area contributed by atoms with Crippen LogP contribution in [0.15, 0.2) is 35.9 Å². The van der Waals surface area contributed by atoms with Gasteiger partial charge in [0.1, 0.15) is 0 Å². The maximum absolute atomic E-state index is 11.9. The lowest BCUT2D eigenvalue weighted by Crippen LogP contribution is -2.30. The minimum Gasteiger partial charge on any atom is -0.383 e. The Morgan fingerprint density at radius 3 is 2.58 bits per heavy atom. The fourth-order valence-electron chi connectivity index (χ4n) is 2.51. The largest absolute Gasteiger partial charge is 0.383 e. The molecule has 130 valence electrons. The van der Waals surface area contributed by atoms with Gasteiger partial charge in [0.05, 0.1) is 6.61 Å². The Labute approximate surface area is 142 Å². The van der Waals surface area contributed by atoms with Crippen molar-refractivity contribution >= 4 is 17.6 Å². The summed E-state index contributed by atoms with van der Waals surface area (Å²) in [6.07, 6.45) is 6.81. The molecule has 0 unspecified atom stereocenters. The van der Waals surface area contributed by atoms with Crippen LogP contribution in [0.5, 0.6) is 0 Å². The molecule has 1 aromatic rings. The number of carbonyl (C=O) groups is 2. The van der Waals surface area contributed by atoms with Crippen LogP contribution in [-0.4, -0.2) is 38.7 Å². The average molecular weight is 331 g/mol. The van der Waals surface area contributed by atoms with Crippen LogP contribution < -0.4 is 16.0 Å². The highest BCUT2D eigenvalue weighted by molar-refractivity contribution is 5.95. The first-order valence-corrected chi connectivity index (χ1v) is 8.29. The number of carbonyl (C=O) groups excluding carboxylic acids is 2. The average Bonchev–Trinajstić information content (AvgIpc) is 2.61. The van der Waals surface area contributed by atoms with E-state index < -0.39 is 0 Å². The fraction of sp³-hybridized carbons (Fsp3) is 0.444. The lowest BCUT2D eigenvalue weighted by molar-refractivity contribution is 0.0937. The maximum Gasteiger partial charge on any atom is 0.319 e. The topological polar surface area (TPSA) is 79.5 Å². The van der Waals surface area contributed by atoms with E-state index in [4.69, 9.17) is 4.74 Å². The van der Waals surface area contributed by atoms with E-state index in [2.05, 4.69) is 22.0 Å². The molecular formula is C18H25N3O3. The van der Waals surface area contributed by atoms with Crippen molar-refractivity contribution in [1.29, 1.82) is 0 Å². The number of hydrogen-bond donors (Lipinski definition) is 3. The molecule has 6 nitrogen and oxygen atoms in total. The zero-order valence-electron chi connectivity index (χ0n) is 14.1. The van der Waals surface area contributed by atoms with Crippen molar-refractivity contribution in [3.8, 4) is 0 Å². The van der Waals surface area contributed by atoms with Gasteiger partial charge in [-0.1, -0.05) is 11.6 Å². The normalized spacial score (nSPS) is 13.8. The summed E-state index contributed by atoms with van der Waals surface area (Å²) >= 11 is 0. The summed E-state index contributed by atoms with van der Waals surface area (Å²) in [5.74, 6) is -0.160. The summed E-state index contributed by atoms with van der Waals surface area (Å²) < 4.78 is 4.88. The van der Waals surface area contributed by atoms with E-state index in [0.717, 1.165) is 12.8 Å². The molecule has 1 aromatic carbocycles. The van der Waals surface area contributed by atoms with Gasteiger partial charge in [-0.2, -0.15) is 0 Å². The summed E-state index contributed by atoms with van der Waals surface area (Å²) in [6, 6.07) is 6.55. The van der Waals surface area contributed by atoms with E-state index in [9.17, 15) is 9.59 Å². The predicted octanol–water partition coefficient (Wildman–Crippen LogP) is 2.68. The minimum atomic E-state index is -0.237. The molecule has 0 heterocycles. The molecule has 0 radical (unpaired) electrons. The SMILES string of the molecule is COCCNC(=O)c1ccc(NC(=O)NCC2=CCCCC2)cc1. The number of allylic oxidation sites excluding steroid dienone is 1. The van der Waals surface area contributed by atoms with Gasteiger partial charge < -0.3 is 20.7 Å². The Morgan fingerprint density at radius 1 is 1.12 bits per heavy atom. The second-order valence-corrected chi connectivity index (χ2v) is 5.74. The summed E-state index contributed by atoms with van der Waals surface area (Å²) in [7, 11) is 1.59. The summed E-state index contributed by atoms with van der Waals surface area (Å²) in [5, 5.41) is 8.38. The van der Waals surface area contributed by atoms with Gasteiger partial charge >= 0.3 is 6.03 Å². The molecule has 2 rings (SSSR count). The molecule has 0 aliphatic heterocycles. The van der Waals surface area contributed by atoms with Crippen molar-refractivity contribution in [1.82, 2.24) is 10.6 Å². The van der Waals surface area contributed by atoms with Gasteiger partial charge in [-0.15, -0.1) is 0 Å². The summed E-state index contributed by atoms with van der Waals surface area (Å²) in [6.45, 7) is 1.53. The van der Waals surface area contributed by atoms with Gasteiger partial charge in [0.25, 0.3) is 5.91 Å². The number of nitrogens with one attached hydrogen (secondary N) is 3. The van der Waals surface area contributed by atoms with Crippen LogP contribution in [0.4, 0.5) is 10.5 Å². The van der Waals surface area contributed by atoms with Crippen LogP contribution in [0.1, 0.15) is 36.0 Å². The summed E-state index contributed by atoms with van der Waals surface area (Å²) in [5.41, 5.74) is 2.49. The number of anilines is 1. The molecule has 0 saturated carbocycles. The Kier molecular flexibility index (Phi) is 7.29. The molecule has 0 spiro atoms. The number of ether oxygens (including phenoxy) is 1. The first kappa shape index (κ1) is 18.0. The number of rotatable bonds is 7. The predicted molar refractivity (Wildman–Crippen MR) is 94.2 cm³/mol. The van der Waals surface area contributed by atoms with E-state index in [-0.39, 0.29) is 11.9 Å². The molecule has 0 fully saturated rings. The van der Waals surface area contributed by atoms with Crippen LogP contribution in [0.2, 0.25) is 0 Å². The van der Waals surface area contributed by atoms with Crippen molar-refractivity contribution in [3.63, 3.8) is 0 Å². The molecule has 3 N–H and O–H groups in total. The van der Waals surface area contributed by atoms with Gasteiger partial charge in [-0.05, 0) is 49.9 Å². The second kappa shape index (κ2) is 9.72. The van der Waals surface area contributed by atoms with Crippen molar-refractivity contribution in [3.05, 3.63) is 41.5 Å². The van der Waals surface area contributed by atoms with Crippen molar-refractivity contribution in [2.75, 3.05) is 32.1 Å². The van der Waals surface area contributed by atoms with Crippen molar-refractivity contribution < 1.29 is 14.3 Å². The minimum absolute atomic E-state index is 0.160. The molecule has 0 bridgehead atoms. The zero-order chi connectivity index (χ0) is 17.2. The lowest BCUT2D eigenvalue weighted by atomic mass is 10.00. The standard InChI is InChI=1S/C18H25N3O3/c1-24-12-11-19-17(22)15-7-9-16(10-8-15)21-18(23)20-13-14-5-3-2-4-6-14/h5,7-10H,2-4,6,11-13H2,1H3,(H,19,22)(H2,20,21,23). The van der Waals surface area contributed by atoms with Crippen molar-refractivity contribution in [2.45, 2.75) is 25.7 Å². The zero-order valence-corrected chi connectivity index (χ0v) is 14.1. The highest BCUT2D eigenvalue weighted by Crippen LogP contribution is 2.16. The lowest BCUT2D eigenvalue weighted by Gasteiger charge is -2.14. The van der Waals surface area contributed by atoms with E-state index in [1.807, 2.05) is 0 Å². The molecule has 1 aliphatic rings. The van der Waals surface area contributed by atoms with Crippen LogP contribution in [0.25, 0.3) is 0 Å². The molecule has 0 saturated heterocycles. The van der Waals surface area contributed by atoms with E-state index in [1.54, 1.807) is 31.4 Å². The van der Waals surface area contributed by atoms with Crippen LogP contribution >= 0.6 is 0 Å². The third-order valence-electron chi connectivity index (χ3n) is 3.86. The highest BCUT2D eigenvalue weighted by Gasteiger charge is 2.08. The molecule has 3 amide bonds. The smallest absolute Gasteiger partial charge is 0.319 e. The Bertz CT molecular complexity index is 582. The number of methoxy groups -OCH3 is 1. The van der Waals surface area contributed by atoms with Gasteiger partial charge in [0.15, 0.2) is 0 Å². The number of amides is 3. The van der Waals surface area contributed by atoms with Crippen LogP contribution in [-0.2, 0) is 4.74 Å². The first-order valence-electron chi connectivity index (χ1n) is 8.29. The Morgan fingerprint density at radius 2 is 1.92 bits per heavy atom. The molecule has 1 aliphatic carbocycles. The summed E-state index contributed by atoms with van der Waals surface area (Å²) in [4.78, 5) is 23.8. The van der Waals surface area contributed by atoms with E-state index in [1.165, 1.54) is 18.4 Å². The Balaban J connectivity index is 1.77. The number of benzene rings is 1. The van der Waals surface area contributed by atoms with E-state index in [0.29, 0.717) is 30.9 Å². The van der Waals surface area contributed by atoms with Gasteiger partial charge in [0, 0.05) is 31.5 Å². The third-order valence-corrected chi connectivity index (χ3v) is 3.86. The van der Waals surface area contributed by atoms with Gasteiger partial charge in [-0.3, -0.25) is 4.79 Å². The Hall–Kier alpha value is -2.34.